The maximum Gasteiger partial charge on any atom is 0.0723 e. The third-order valence-corrected chi connectivity index (χ3v) is 4.32. The van der Waals surface area contributed by atoms with Gasteiger partial charge in [0.1, 0.15) is 0 Å². The van der Waals surface area contributed by atoms with Crippen LogP contribution in [0.5, 0.6) is 0 Å². The molecule has 84 valence electrons. The first-order valence-electron chi connectivity index (χ1n) is 6.16. The predicted octanol–water partition coefficient (Wildman–Crippen LogP) is 3.75. The average Bonchev–Trinajstić information content (AvgIpc) is 2.10. The molecule has 1 rings (SSSR count). The van der Waals surface area contributed by atoms with Crippen molar-refractivity contribution in [2.45, 2.75) is 71.8 Å². The molecule has 2 atom stereocenters. The van der Waals surface area contributed by atoms with Crippen molar-refractivity contribution in [2.24, 2.45) is 11.3 Å². The van der Waals surface area contributed by atoms with Crippen molar-refractivity contribution in [2.75, 3.05) is 0 Å². The van der Waals surface area contributed by atoms with E-state index in [0.29, 0.717) is 5.92 Å². The summed E-state index contributed by atoms with van der Waals surface area (Å²) in [6.45, 7) is 8.89. The lowest BCUT2D eigenvalue weighted by atomic mass is 9.60. The number of hydrogen-bond acceptors (Lipinski definition) is 1. The van der Waals surface area contributed by atoms with Gasteiger partial charge in [0.25, 0.3) is 0 Å². The Morgan fingerprint density at radius 1 is 1.21 bits per heavy atom. The summed E-state index contributed by atoms with van der Waals surface area (Å²) in [7, 11) is 0. The zero-order chi connectivity index (χ0) is 10.8. The molecule has 1 aliphatic carbocycles. The van der Waals surface area contributed by atoms with Crippen LogP contribution < -0.4 is 0 Å². The molecule has 0 saturated heterocycles. The molecule has 1 heteroatoms. The van der Waals surface area contributed by atoms with E-state index in [1.807, 2.05) is 0 Å². The summed E-state index contributed by atoms with van der Waals surface area (Å²) in [5.74, 6) is 0.447. The Kier molecular flexibility index (Phi) is 3.63. The van der Waals surface area contributed by atoms with Gasteiger partial charge in [-0.3, -0.25) is 0 Å². The third kappa shape index (κ3) is 1.98. The maximum absolute atomic E-state index is 10.8. The fourth-order valence-corrected chi connectivity index (χ4v) is 3.10. The quantitative estimate of drug-likeness (QED) is 0.732. The van der Waals surface area contributed by atoms with Gasteiger partial charge in [-0.25, -0.2) is 0 Å². The van der Waals surface area contributed by atoms with E-state index in [1.165, 1.54) is 25.7 Å². The molecule has 1 fully saturated rings. The zero-order valence-corrected chi connectivity index (χ0v) is 10.3. The second kappa shape index (κ2) is 4.22. The van der Waals surface area contributed by atoms with E-state index in [2.05, 4.69) is 27.7 Å². The average molecular weight is 198 g/mol. The minimum absolute atomic E-state index is 0.111. The molecule has 0 aromatic carbocycles. The molecule has 1 nitrogen and oxygen atoms in total. The number of aliphatic hydroxyl groups is 1. The van der Waals surface area contributed by atoms with E-state index in [4.69, 9.17) is 0 Å². The molecular weight excluding hydrogens is 172 g/mol. The van der Waals surface area contributed by atoms with Crippen LogP contribution in [0.15, 0.2) is 0 Å². The van der Waals surface area contributed by atoms with Crippen LogP contribution in [0, 0.1) is 11.3 Å². The van der Waals surface area contributed by atoms with Crippen LogP contribution in [0.1, 0.15) is 66.2 Å². The van der Waals surface area contributed by atoms with E-state index >= 15 is 0 Å². The van der Waals surface area contributed by atoms with Gasteiger partial charge in [0, 0.05) is 0 Å². The molecule has 0 radical (unpaired) electrons. The molecule has 2 unspecified atom stereocenters. The van der Waals surface area contributed by atoms with Crippen molar-refractivity contribution >= 4 is 0 Å². The van der Waals surface area contributed by atoms with Crippen LogP contribution in [-0.4, -0.2) is 10.7 Å². The first kappa shape index (κ1) is 12.0. The van der Waals surface area contributed by atoms with E-state index < -0.39 is 5.60 Å². The highest BCUT2D eigenvalue weighted by Gasteiger charge is 2.47. The first-order chi connectivity index (χ1) is 6.44. The summed E-state index contributed by atoms with van der Waals surface area (Å²) < 4.78 is 0. The minimum Gasteiger partial charge on any atom is -0.389 e. The van der Waals surface area contributed by atoms with Crippen LogP contribution in [0.3, 0.4) is 0 Å². The Labute approximate surface area is 88.9 Å². The zero-order valence-electron chi connectivity index (χ0n) is 10.3. The van der Waals surface area contributed by atoms with Gasteiger partial charge in [-0.1, -0.05) is 47.0 Å². The van der Waals surface area contributed by atoms with Crippen molar-refractivity contribution in [1.29, 1.82) is 0 Å². The highest BCUT2D eigenvalue weighted by Crippen LogP contribution is 2.48. The molecule has 1 N–H and O–H groups in total. The van der Waals surface area contributed by atoms with Crippen molar-refractivity contribution < 1.29 is 5.11 Å². The topological polar surface area (TPSA) is 20.2 Å². The van der Waals surface area contributed by atoms with E-state index in [9.17, 15) is 5.11 Å². The largest absolute Gasteiger partial charge is 0.389 e. The molecular formula is C13H26O. The molecule has 0 aliphatic heterocycles. The minimum atomic E-state index is -0.415. The Morgan fingerprint density at radius 3 is 2.29 bits per heavy atom. The highest BCUT2D eigenvalue weighted by atomic mass is 16.3. The van der Waals surface area contributed by atoms with Gasteiger partial charge in [-0.2, -0.15) is 0 Å². The summed E-state index contributed by atoms with van der Waals surface area (Å²) >= 11 is 0. The van der Waals surface area contributed by atoms with Crippen LogP contribution in [-0.2, 0) is 0 Å². The summed E-state index contributed by atoms with van der Waals surface area (Å²) in [5.41, 5.74) is -0.304. The Morgan fingerprint density at radius 2 is 1.79 bits per heavy atom. The molecule has 0 spiro atoms. The van der Waals surface area contributed by atoms with Gasteiger partial charge >= 0.3 is 0 Å². The lowest BCUT2D eigenvalue weighted by Crippen LogP contribution is -2.51. The smallest absolute Gasteiger partial charge is 0.0723 e. The molecule has 1 aliphatic rings. The van der Waals surface area contributed by atoms with Crippen LogP contribution in [0.4, 0.5) is 0 Å². The van der Waals surface area contributed by atoms with Crippen LogP contribution >= 0.6 is 0 Å². The highest BCUT2D eigenvalue weighted by molar-refractivity contribution is 4.99. The van der Waals surface area contributed by atoms with E-state index in [-0.39, 0.29) is 5.41 Å². The second-order valence-corrected chi connectivity index (χ2v) is 5.70. The van der Waals surface area contributed by atoms with Crippen molar-refractivity contribution in [3.05, 3.63) is 0 Å². The van der Waals surface area contributed by atoms with Crippen LogP contribution in [0.2, 0.25) is 0 Å². The van der Waals surface area contributed by atoms with Crippen molar-refractivity contribution in [3.63, 3.8) is 0 Å². The first-order valence-corrected chi connectivity index (χ1v) is 6.16. The molecule has 0 heterocycles. The summed E-state index contributed by atoms with van der Waals surface area (Å²) in [6, 6.07) is 0. The standard InChI is InChI=1S/C13H26O/c1-5-8-11(2)13(14)10-7-6-9-12(13,3)4/h11,14H,5-10H2,1-4H3. The predicted molar refractivity (Wildman–Crippen MR) is 61.3 cm³/mol. The van der Waals surface area contributed by atoms with Crippen molar-refractivity contribution in [1.82, 2.24) is 0 Å². The monoisotopic (exact) mass is 198 g/mol. The maximum atomic E-state index is 10.8. The Bertz CT molecular complexity index is 186. The summed E-state index contributed by atoms with van der Waals surface area (Å²) in [4.78, 5) is 0. The van der Waals surface area contributed by atoms with Gasteiger partial charge < -0.3 is 5.11 Å². The fraction of sp³-hybridized carbons (Fsp3) is 1.00. The Balaban J connectivity index is 2.77. The van der Waals surface area contributed by atoms with E-state index in [0.717, 1.165) is 12.8 Å². The summed E-state index contributed by atoms with van der Waals surface area (Å²) in [5, 5.41) is 10.8. The molecule has 1 saturated carbocycles. The normalized spacial score (nSPS) is 34.1. The van der Waals surface area contributed by atoms with Gasteiger partial charge in [0.05, 0.1) is 5.60 Å². The summed E-state index contributed by atoms with van der Waals surface area (Å²) in [6.07, 6.45) is 7.00. The lowest BCUT2D eigenvalue weighted by molar-refractivity contribution is -0.135. The molecule has 0 aromatic rings. The number of hydrogen-bond donors (Lipinski definition) is 1. The number of rotatable bonds is 3. The molecule has 0 amide bonds. The molecule has 14 heavy (non-hydrogen) atoms. The second-order valence-electron chi connectivity index (χ2n) is 5.70. The SMILES string of the molecule is CCCC(C)C1(O)CCCCC1(C)C. The Hall–Kier alpha value is -0.0400. The van der Waals surface area contributed by atoms with Crippen molar-refractivity contribution in [3.8, 4) is 0 Å². The van der Waals surface area contributed by atoms with Gasteiger partial charge in [0.15, 0.2) is 0 Å². The molecule has 0 aromatic heterocycles. The van der Waals surface area contributed by atoms with Gasteiger partial charge in [-0.05, 0) is 30.6 Å². The third-order valence-electron chi connectivity index (χ3n) is 4.32. The van der Waals surface area contributed by atoms with Crippen LogP contribution in [0.25, 0.3) is 0 Å². The van der Waals surface area contributed by atoms with Gasteiger partial charge in [0.2, 0.25) is 0 Å². The van der Waals surface area contributed by atoms with Gasteiger partial charge in [-0.15, -0.1) is 0 Å². The molecule has 0 bridgehead atoms. The van der Waals surface area contributed by atoms with E-state index in [1.54, 1.807) is 0 Å². The fourth-order valence-electron chi connectivity index (χ4n) is 3.10. The lowest BCUT2D eigenvalue weighted by Gasteiger charge is -2.50.